The van der Waals surface area contributed by atoms with Crippen molar-refractivity contribution in [1.82, 2.24) is 0 Å². The van der Waals surface area contributed by atoms with Gasteiger partial charge in [0.2, 0.25) is 0 Å². The summed E-state index contributed by atoms with van der Waals surface area (Å²) in [5.41, 5.74) is 9.67. The van der Waals surface area contributed by atoms with Crippen LogP contribution in [0.4, 0.5) is 11.4 Å². The molecule has 7 aromatic rings. The van der Waals surface area contributed by atoms with Gasteiger partial charge in [0.25, 0.3) is 0 Å². The predicted octanol–water partition coefficient (Wildman–Crippen LogP) is 11.2. The minimum absolute atomic E-state index is 1.12. The summed E-state index contributed by atoms with van der Waals surface area (Å²) < 4.78 is 0. The summed E-state index contributed by atoms with van der Waals surface area (Å²) in [7, 11) is 2.13. The van der Waals surface area contributed by atoms with Crippen molar-refractivity contribution in [3.8, 4) is 22.3 Å². The zero-order valence-electron chi connectivity index (χ0n) is 23.4. The molecule has 196 valence electrons. The Labute approximate surface area is 241 Å². The number of para-hydroxylation sites is 1. The maximum absolute atomic E-state index is 4.03. The molecule has 0 amide bonds. The van der Waals surface area contributed by atoms with Crippen molar-refractivity contribution in [3.63, 3.8) is 0 Å². The van der Waals surface area contributed by atoms with Crippen LogP contribution >= 0.6 is 0 Å². The number of hydrogen-bond acceptors (Lipinski definition) is 1. The molecule has 0 aliphatic heterocycles. The van der Waals surface area contributed by atoms with Gasteiger partial charge in [-0.15, -0.1) is 0 Å². The van der Waals surface area contributed by atoms with Crippen LogP contribution in [0, 0.1) is 6.92 Å². The van der Waals surface area contributed by atoms with E-state index in [1.807, 2.05) is 6.08 Å². The highest BCUT2D eigenvalue weighted by atomic mass is 15.1. The molecule has 0 heterocycles. The van der Waals surface area contributed by atoms with E-state index in [1.54, 1.807) is 0 Å². The fourth-order valence-electron chi connectivity index (χ4n) is 6.23. The second-order valence-corrected chi connectivity index (χ2v) is 10.8. The van der Waals surface area contributed by atoms with E-state index in [0.29, 0.717) is 0 Å². The highest BCUT2D eigenvalue weighted by Crippen LogP contribution is 2.45. The smallest absolute Gasteiger partial charge is 0.0481 e. The van der Waals surface area contributed by atoms with Crippen molar-refractivity contribution in [3.05, 3.63) is 151 Å². The van der Waals surface area contributed by atoms with Gasteiger partial charge in [0.15, 0.2) is 0 Å². The van der Waals surface area contributed by atoms with Crippen LogP contribution in [-0.4, -0.2) is 7.05 Å². The monoisotopic (exact) mass is 525 g/mol. The van der Waals surface area contributed by atoms with E-state index < -0.39 is 0 Å². The summed E-state index contributed by atoms with van der Waals surface area (Å²) >= 11 is 0. The van der Waals surface area contributed by atoms with Crippen molar-refractivity contribution in [1.29, 1.82) is 0 Å². The quantitative estimate of drug-likeness (QED) is 0.202. The summed E-state index contributed by atoms with van der Waals surface area (Å²) in [5.74, 6) is 0. The molecular weight excluding hydrogens is 494 g/mol. The summed E-state index contributed by atoms with van der Waals surface area (Å²) in [5, 5.41) is 7.60. The van der Waals surface area contributed by atoms with E-state index in [9.17, 15) is 0 Å². The maximum Gasteiger partial charge on any atom is 0.0481 e. The Morgan fingerprint density at radius 3 is 2.00 bits per heavy atom. The molecule has 7 rings (SSSR count). The third-order valence-corrected chi connectivity index (χ3v) is 8.26. The second kappa shape index (κ2) is 10.1. The van der Waals surface area contributed by atoms with Gasteiger partial charge in [0.1, 0.15) is 0 Å². The molecule has 0 N–H and O–H groups in total. The first-order valence-corrected chi connectivity index (χ1v) is 14.1. The van der Waals surface area contributed by atoms with Crippen LogP contribution in [0.25, 0.3) is 60.6 Å². The third-order valence-electron chi connectivity index (χ3n) is 8.26. The number of aryl methyl sites for hydroxylation is 1. The Hall–Kier alpha value is -5.14. The first-order valence-electron chi connectivity index (χ1n) is 14.1. The SMILES string of the molecule is C=Cc1ccccc1N(C)c1cccc(-c2c3ccccc3c(-c3ccc4ccccc4c3)c3ccc(C)cc23)c1. The fraction of sp³-hybridized carbons (Fsp3) is 0.0500. The van der Waals surface area contributed by atoms with Gasteiger partial charge in [-0.25, -0.2) is 0 Å². The van der Waals surface area contributed by atoms with Crippen LogP contribution in [0.1, 0.15) is 11.1 Å². The molecule has 0 radical (unpaired) electrons. The van der Waals surface area contributed by atoms with Gasteiger partial charge in [-0.2, -0.15) is 0 Å². The van der Waals surface area contributed by atoms with Crippen LogP contribution in [0.5, 0.6) is 0 Å². The van der Waals surface area contributed by atoms with Gasteiger partial charge in [0.05, 0.1) is 0 Å². The molecule has 0 unspecified atom stereocenters. The molecule has 0 aromatic heterocycles. The Bertz CT molecular complexity index is 2100. The van der Waals surface area contributed by atoms with Crippen LogP contribution in [-0.2, 0) is 0 Å². The fourth-order valence-corrected chi connectivity index (χ4v) is 6.23. The largest absolute Gasteiger partial charge is 0.344 e. The lowest BCUT2D eigenvalue weighted by atomic mass is 9.85. The first-order chi connectivity index (χ1) is 20.1. The Kier molecular flexibility index (Phi) is 6.14. The van der Waals surface area contributed by atoms with E-state index in [-0.39, 0.29) is 0 Å². The summed E-state index contributed by atoms with van der Waals surface area (Å²) in [6.45, 7) is 6.22. The molecule has 0 fully saturated rings. The lowest BCUT2D eigenvalue weighted by Crippen LogP contribution is -2.10. The molecule has 0 saturated heterocycles. The van der Waals surface area contributed by atoms with Crippen LogP contribution in [0.2, 0.25) is 0 Å². The number of rotatable bonds is 5. The van der Waals surface area contributed by atoms with Gasteiger partial charge in [-0.3, -0.25) is 0 Å². The molecule has 0 saturated carbocycles. The van der Waals surface area contributed by atoms with E-state index >= 15 is 0 Å². The molecule has 0 bridgehead atoms. The third kappa shape index (κ3) is 4.27. The molecular formula is C40H31N. The van der Waals surface area contributed by atoms with Gasteiger partial charge < -0.3 is 4.90 Å². The van der Waals surface area contributed by atoms with Crippen molar-refractivity contribution >= 4 is 49.8 Å². The number of benzene rings is 7. The van der Waals surface area contributed by atoms with Crippen molar-refractivity contribution in [2.24, 2.45) is 0 Å². The number of hydrogen-bond donors (Lipinski definition) is 0. The average Bonchev–Trinajstić information content (AvgIpc) is 3.03. The van der Waals surface area contributed by atoms with E-state index in [0.717, 1.165) is 16.9 Å². The van der Waals surface area contributed by atoms with Crippen LogP contribution in [0.3, 0.4) is 0 Å². The lowest BCUT2D eigenvalue weighted by Gasteiger charge is -2.23. The number of anilines is 2. The summed E-state index contributed by atoms with van der Waals surface area (Å²) in [6, 6.07) is 48.5. The molecule has 0 aliphatic rings. The van der Waals surface area contributed by atoms with Crippen molar-refractivity contribution in [2.45, 2.75) is 6.92 Å². The van der Waals surface area contributed by atoms with Crippen molar-refractivity contribution < 1.29 is 0 Å². The standard InChI is InChI=1S/C40H31N/c1-4-28-12-7-10-19-38(28)41(3)33-16-11-15-31(26-33)40-35-18-9-8-17-34(35)39(36-23-20-27(2)24-37(36)40)32-22-21-29-13-5-6-14-30(29)25-32/h4-26H,1H2,2-3H3. The van der Waals surface area contributed by atoms with Gasteiger partial charge in [-0.05, 0) is 91.3 Å². The predicted molar refractivity (Wildman–Crippen MR) is 179 cm³/mol. The molecule has 0 spiro atoms. The zero-order chi connectivity index (χ0) is 27.9. The molecule has 0 aliphatic carbocycles. The normalized spacial score (nSPS) is 11.3. The maximum atomic E-state index is 4.03. The van der Waals surface area contributed by atoms with Gasteiger partial charge in [0, 0.05) is 18.4 Å². The first kappa shape index (κ1) is 24.9. The van der Waals surface area contributed by atoms with E-state index in [4.69, 9.17) is 0 Å². The molecule has 41 heavy (non-hydrogen) atoms. The average molecular weight is 526 g/mol. The minimum Gasteiger partial charge on any atom is -0.344 e. The zero-order valence-corrected chi connectivity index (χ0v) is 23.4. The van der Waals surface area contributed by atoms with Crippen LogP contribution in [0.15, 0.2) is 140 Å². The summed E-state index contributed by atoms with van der Waals surface area (Å²) in [4.78, 5) is 2.25. The highest BCUT2D eigenvalue weighted by molar-refractivity contribution is 6.22. The van der Waals surface area contributed by atoms with E-state index in [1.165, 1.54) is 60.1 Å². The molecule has 1 nitrogen and oxygen atoms in total. The number of nitrogens with zero attached hydrogens (tertiary/aromatic N) is 1. The molecule has 0 atom stereocenters. The van der Waals surface area contributed by atoms with Gasteiger partial charge in [-0.1, -0.05) is 127 Å². The van der Waals surface area contributed by atoms with Crippen LogP contribution < -0.4 is 4.90 Å². The topological polar surface area (TPSA) is 3.24 Å². The summed E-state index contributed by atoms with van der Waals surface area (Å²) in [6.07, 6.45) is 1.92. The molecule has 7 aromatic carbocycles. The lowest BCUT2D eigenvalue weighted by molar-refractivity contribution is 1.20. The van der Waals surface area contributed by atoms with Crippen molar-refractivity contribution in [2.75, 3.05) is 11.9 Å². The second-order valence-electron chi connectivity index (χ2n) is 10.8. The number of fused-ring (bicyclic) bond motifs is 3. The Morgan fingerprint density at radius 2 is 1.20 bits per heavy atom. The Morgan fingerprint density at radius 1 is 0.537 bits per heavy atom. The molecule has 1 heteroatoms. The van der Waals surface area contributed by atoms with E-state index in [2.05, 4.69) is 159 Å². The Balaban J connectivity index is 1.50. The van der Waals surface area contributed by atoms with Gasteiger partial charge >= 0.3 is 0 Å². The minimum atomic E-state index is 1.12. The highest BCUT2D eigenvalue weighted by Gasteiger charge is 2.18.